The fraction of sp³-hybridized carbons (Fsp3) is 0.529. The van der Waals surface area contributed by atoms with Crippen LogP contribution in [0.5, 0.6) is 0 Å². The van der Waals surface area contributed by atoms with Crippen molar-refractivity contribution >= 4 is 26.8 Å². The summed E-state index contributed by atoms with van der Waals surface area (Å²) in [6, 6.07) is 8.75. The number of benzene rings is 1. The number of aryl methyl sites for hydroxylation is 1. The van der Waals surface area contributed by atoms with Gasteiger partial charge in [0.15, 0.2) is 0 Å². The highest BCUT2D eigenvalue weighted by Gasteiger charge is 2.09. The second-order valence-electron chi connectivity index (χ2n) is 5.82. The molecule has 2 nitrogen and oxygen atoms in total. The van der Waals surface area contributed by atoms with E-state index < -0.39 is 0 Å². The first-order valence-electron chi connectivity index (χ1n) is 7.80. The van der Waals surface area contributed by atoms with Crippen LogP contribution in [0.1, 0.15) is 32.1 Å². The van der Waals surface area contributed by atoms with Gasteiger partial charge in [0, 0.05) is 28.1 Å². The summed E-state index contributed by atoms with van der Waals surface area (Å²) >= 11 is 3.53. The van der Waals surface area contributed by atoms with Crippen LogP contribution in [-0.2, 0) is 6.54 Å². The molecule has 1 aromatic heterocycles. The summed E-state index contributed by atoms with van der Waals surface area (Å²) in [7, 11) is 0. The van der Waals surface area contributed by atoms with E-state index in [9.17, 15) is 0 Å². The average Bonchev–Trinajstić information content (AvgIpc) is 2.87. The molecule has 1 aliphatic heterocycles. The highest BCUT2D eigenvalue weighted by molar-refractivity contribution is 9.10. The standard InChI is InChI=1S/C17H23BrN2/c18-16-6-7-17-15(14-16)8-13-20(17)12-5-4-11-19-9-2-1-3-10-19/h6-8,13-14H,1-5,9-12H2. The van der Waals surface area contributed by atoms with Gasteiger partial charge in [0.05, 0.1) is 0 Å². The van der Waals surface area contributed by atoms with Gasteiger partial charge in [-0.25, -0.2) is 0 Å². The molecular weight excluding hydrogens is 312 g/mol. The first-order valence-corrected chi connectivity index (χ1v) is 8.59. The second kappa shape index (κ2) is 6.77. The summed E-state index contributed by atoms with van der Waals surface area (Å²) in [6.07, 6.45) is 9.04. The number of piperidine rings is 1. The molecule has 1 fully saturated rings. The number of likely N-dealkylation sites (tertiary alicyclic amines) is 1. The summed E-state index contributed by atoms with van der Waals surface area (Å²) in [5.74, 6) is 0. The monoisotopic (exact) mass is 334 g/mol. The van der Waals surface area contributed by atoms with Crippen molar-refractivity contribution in [2.75, 3.05) is 19.6 Å². The molecule has 20 heavy (non-hydrogen) atoms. The van der Waals surface area contributed by atoms with Gasteiger partial charge in [-0.3, -0.25) is 0 Å². The minimum Gasteiger partial charge on any atom is -0.347 e. The van der Waals surface area contributed by atoms with Gasteiger partial charge < -0.3 is 9.47 Å². The van der Waals surface area contributed by atoms with Crippen LogP contribution in [0.15, 0.2) is 34.9 Å². The van der Waals surface area contributed by atoms with Crippen LogP contribution < -0.4 is 0 Å². The predicted molar refractivity (Wildman–Crippen MR) is 89.2 cm³/mol. The molecule has 2 heterocycles. The maximum absolute atomic E-state index is 3.53. The molecule has 0 aliphatic carbocycles. The number of aromatic nitrogens is 1. The maximum Gasteiger partial charge on any atom is 0.0481 e. The number of halogens is 1. The largest absolute Gasteiger partial charge is 0.347 e. The molecule has 1 saturated heterocycles. The molecule has 1 aromatic carbocycles. The Morgan fingerprint density at radius 3 is 2.60 bits per heavy atom. The lowest BCUT2D eigenvalue weighted by molar-refractivity contribution is 0.223. The zero-order chi connectivity index (χ0) is 13.8. The fourth-order valence-corrected chi connectivity index (χ4v) is 3.55. The summed E-state index contributed by atoms with van der Waals surface area (Å²) in [5.41, 5.74) is 1.35. The molecule has 0 radical (unpaired) electrons. The molecule has 0 unspecified atom stereocenters. The smallest absolute Gasteiger partial charge is 0.0481 e. The molecule has 3 heteroatoms. The quantitative estimate of drug-likeness (QED) is 0.721. The maximum atomic E-state index is 3.53. The topological polar surface area (TPSA) is 8.17 Å². The molecule has 1 aliphatic rings. The first-order chi connectivity index (χ1) is 9.83. The Hall–Kier alpha value is -0.800. The number of unbranched alkanes of at least 4 members (excludes halogenated alkanes) is 1. The molecule has 3 rings (SSSR count). The lowest BCUT2D eigenvalue weighted by Crippen LogP contribution is -2.30. The Kier molecular flexibility index (Phi) is 4.79. The highest BCUT2D eigenvalue weighted by Crippen LogP contribution is 2.21. The lowest BCUT2D eigenvalue weighted by Gasteiger charge is -2.26. The third kappa shape index (κ3) is 3.44. The molecule has 108 valence electrons. The minimum atomic E-state index is 1.14. The van der Waals surface area contributed by atoms with E-state index >= 15 is 0 Å². The Bertz CT molecular complexity index is 555. The van der Waals surface area contributed by atoms with Crippen LogP contribution in [0.3, 0.4) is 0 Å². The van der Waals surface area contributed by atoms with E-state index in [4.69, 9.17) is 0 Å². The molecule has 2 aromatic rings. The number of hydrogen-bond donors (Lipinski definition) is 0. The normalized spacial score (nSPS) is 16.9. The molecule has 0 bridgehead atoms. The number of fused-ring (bicyclic) bond motifs is 1. The second-order valence-corrected chi connectivity index (χ2v) is 6.74. The Morgan fingerprint density at radius 2 is 1.75 bits per heavy atom. The van der Waals surface area contributed by atoms with Gasteiger partial charge in [0.2, 0.25) is 0 Å². The summed E-state index contributed by atoms with van der Waals surface area (Å²) < 4.78 is 3.55. The SMILES string of the molecule is Brc1ccc2c(ccn2CCCCN2CCCCC2)c1. The third-order valence-electron chi connectivity index (χ3n) is 4.31. The van der Waals surface area contributed by atoms with Crippen LogP contribution >= 0.6 is 15.9 Å². The lowest BCUT2D eigenvalue weighted by atomic mass is 10.1. The van der Waals surface area contributed by atoms with Crippen LogP contribution in [-0.4, -0.2) is 29.1 Å². The van der Waals surface area contributed by atoms with Crippen molar-refractivity contribution in [2.45, 2.75) is 38.6 Å². The number of rotatable bonds is 5. The summed E-state index contributed by atoms with van der Waals surface area (Å²) in [6.45, 7) is 5.06. The van der Waals surface area contributed by atoms with Gasteiger partial charge in [-0.05, 0) is 69.6 Å². The van der Waals surface area contributed by atoms with E-state index in [1.807, 2.05) is 0 Å². The number of hydrogen-bond acceptors (Lipinski definition) is 1. The van der Waals surface area contributed by atoms with Gasteiger partial charge in [0.1, 0.15) is 0 Å². The first kappa shape index (κ1) is 14.2. The summed E-state index contributed by atoms with van der Waals surface area (Å²) in [4.78, 5) is 2.63. The van der Waals surface area contributed by atoms with Gasteiger partial charge in [0.25, 0.3) is 0 Å². The van der Waals surface area contributed by atoms with Gasteiger partial charge >= 0.3 is 0 Å². The van der Waals surface area contributed by atoms with Gasteiger partial charge in [-0.1, -0.05) is 22.4 Å². The number of nitrogens with zero attached hydrogens (tertiary/aromatic N) is 2. The van der Waals surface area contributed by atoms with Crippen LogP contribution in [0.4, 0.5) is 0 Å². The van der Waals surface area contributed by atoms with Crippen molar-refractivity contribution in [3.8, 4) is 0 Å². The average molecular weight is 335 g/mol. The van der Waals surface area contributed by atoms with Crippen LogP contribution in [0, 0.1) is 0 Å². The predicted octanol–water partition coefficient (Wildman–Crippen LogP) is 4.67. The van der Waals surface area contributed by atoms with Crippen molar-refractivity contribution in [1.29, 1.82) is 0 Å². The van der Waals surface area contributed by atoms with Crippen molar-refractivity contribution in [3.63, 3.8) is 0 Å². The Labute approximate surface area is 129 Å². The molecule has 0 N–H and O–H groups in total. The van der Waals surface area contributed by atoms with Crippen molar-refractivity contribution in [1.82, 2.24) is 9.47 Å². The van der Waals surface area contributed by atoms with Gasteiger partial charge in [-0.15, -0.1) is 0 Å². The van der Waals surface area contributed by atoms with Crippen molar-refractivity contribution < 1.29 is 0 Å². The van der Waals surface area contributed by atoms with E-state index in [0.717, 1.165) is 11.0 Å². The van der Waals surface area contributed by atoms with E-state index in [1.54, 1.807) is 0 Å². The van der Waals surface area contributed by atoms with Crippen LogP contribution in [0.2, 0.25) is 0 Å². The van der Waals surface area contributed by atoms with Crippen molar-refractivity contribution in [3.05, 3.63) is 34.9 Å². The molecule has 0 atom stereocenters. The molecular formula is C17H23BrN2. The highest BCUT2D eigenvalue weighted by atomic mass is 79.9. The van der Waals surface area contributed by atoms with Crippen molar-refractivity contribution in [2.24, 2.45) is 0 Å². The Morgan fingerprint density at radius 1 is 0.950 bits per heavy atom. The minimum absolute atomic E-state index is 1.14. The molecule has 0 saturated carbocycles. The Balaban J connectivity index is 1.49. The fourth-order valence-electron chi connectivity index (χ4n) is 3.17. The zero-order valence-electron chi connectivity index (χ0n) is 12.0. The van der Waals surface area contributed by atoms with E-state index in [0.29, 0.717) is 0 Å². The van der Waals surface area contributed by atoms with E-state index in [2.05, 4.69) is 55.9 Å². The van der Waals surface area contributed by atoms with E-state index in [-0.39, 0.29) is 0 Å². The molecule has 0 spiro atoms. The molecule has 0 amide bonds. The van der Waals surface area contributed by atoms with E-state index in [1.165, 1.54) is 62.6 Å². The van der Waals surface area contributed by atoms with Gasteiger partial charge in [-0.2, -0.15) is 0 Å². The third-order valence-corrected chi connectivity index (χ3v) is 4.80. The zero-order valence-corrected chi connectivity index (χ0v) is 13.6. The van der Waals surface area contributed by atoms with Crippen LogP contribution in [0.25, 0.3) is 10.9 Å². The summed E-state index contributed by atoms with van der Waals surface area (Å²) in [5, 5.41) is 1.33.